The molecule has 1 aliphatic heterocycles. The molecule has 0 radical (unpaired) electrons. The van der Waals surface area contributed by atoms with Crippen LogP contribution in [-0.2, 0) is 30.6 Å². The number of hydrogen-bond donors (Lipinski definition) is 2. The average molecular weight is 576 g/mol. The lowest BCUT2D eigenvalue weighted by atomic mass is 9.97. The van der Waals surface area contributed by atoms with Gasteiger partial charge in [0.2, 0.25) is 15.9 Å². The number of aryl methyl sites for hydroxylation is 2. The van der Waals surface area contributed by atoms with Crippen molar-refractivity contribution in [2.75, 3.05) is 23.1 Å². The summed E-state index contributed by atoms with van der Waals surface area (Å²) in [6.07, 6.45) is 0.778. The quantitative estimate of drug-likeness (QED) is 0.395. The summed E-state index contributed by atoms with van der Waals surface area (Å²) in [6.45, 7) is 4.35. The van der Waals surface area contributed by atoms with Crippen LogP contribution in [0.4, 0.5) is 11.4 Å². The van der Waals surface area contributed by atoms with Gasteiger partial charge in [-0.15, -0.1) is 0 Å². The molecule has 1 fully saturated rings. The number of rotatable bonds is 8. The first-order valence-electron chi connectivity index (χ1n) is 12.2. The highest BCUT2D eigenvalue weighted by molar-refractivity contribution is 7.92. The smallest absolute Gasteiger partial charge is 0.261 e. The van der Waals surface area contributed by atoms with E-state index in [0.29, 0.717) is 34.8 Å². The van der Waals surface area contributed by atoms with Crippen LogP contribution in [0.25, 0.3) is 0 Å². The lowest BCUT2D eigenvalue weighted by molar-refractivity contribution is -0.120. The van der Waals surface area contributed by atoms with Crippen molar-refractivity contribution in [3.8, 4) is 0 Å². The summed E-state index contributed by atoms with van der Waals surface area (Å²) in [4.78, 5) is 12.9. The molecule has 0 aliphatic carbocycles. The van der Waals surface area contributed by atoms with Crippen molar-refractivity contribution < 1.29 is 21.6 Å². The molecule has 1 heterocycles. The van der Waals surface area contributed by atoms with E-state index in [4.69, 9.17) is 11.6 Å². The van der Waals surface area contributed by atoms with Gasteiger partial charge in [0.05, 0.1) is 10.6 Å². The van der Waals surface area contributed by atoms with Gasteiger partial charge in [-0.3, -0.25) is 9.52 Å². The largest absolute Gasteiger partial charge is 0.326 e. The SMILES string of the molecule is Cc1ccc(NS(=O)(=O)c2ccc(NC(=O)C3CCN(S(=O)(=O)Cc4ccccc4Cl)CC3)cc2)cc1C. The van der Waals surface area contributed by atoms with Gasteiger partial charge in [-0.25, -0.2) is 21.1 Å². The zero-order valence-electron chi connectivity index (χ0n) is 21.1. The Morgan fingerprint density at radius 3 is 2.16 bits per heavy atom. The Balaban J connectivity index is 1.32. The second kappa shape index (κ2) is 11.4. The molecule has 2 N–H and O–H groups in total. The maximum atomic E-state index is 12.8. The van der Waals surface area contributed by atoms with Gasteiger partial charge in [-0.1, -0.05) is 35.9 Å². The molecule has 0 unspecified atom stereocenters. The van der Waals surface area contributed by atoms with Crippen molar-refractivity contribution in [3.05, 3.63) is 88.4 Å². The molecule has 1 saturated heterocycles. The third kappa shape index (κ3) is 6.74. The zero-order chi connectivity index (χ0) is 27.5. The number of hydrogen-bond acceptors (Lipinski definition) is 5. The topological polar surface area (TPSA) is 113 Å². The minimum atomic E-state index is -3.79. The van der Waals surface area contributed by atoms with Gasteiger partial charge in [-0.05, 0) is 85.8 Å². The third-order valence-corrected chi connectivity index (χ3v) is 10.3. The van der Waals surface area contributed by atoms with E-state index in [1.165, 1.54) is 28.6 Å². The van der Waals surface area contributed by atoms with E-state index in [0.717, 1.165) is 11.1 Å². The third-order valence-electron chi connectivity index (χ3n) is 6.71. The molecule has 38 heavy (non-hydrogen) atoms. The lowest BCUT2D eigenvalue weighted by Gasteiger charge is -2.30. The van der Waals surface area contributed by atoms with Crippen LogP contribution in [0.3, 0.4) is 0 Å². The summed E-state index contributed by atoms with van der Waals surface area (Å²) in [7, 11) is -7.35. The lowest BCUT2D eigenvalue weighted by Crippen LogP contribution is -2.41. The second-order valence-electron chi connectivity index (χ2n) is 9.44. The standard InChI is InChI=1S/C27H30ClN3O5S2/c1-19-7-8-24(17-20(19)2)30-38(35,36)25-11-9-23(10-12-25)29-27(32)21-13-15-31(16-14-21)37(33,34)18-22-5-3-4-6-26(22)28/h3-12,17,21,30H,13-16,18H2,1-2H3,(H,29,32). The van der Waals surface area contributed by atoms with Gasteiger partial charge in [0.1, 0.15) is 0 Å². The number of carbonyl (C=O) groups excluding carboxylic acids is 1. The highest BCUT2D eigenvalue weighted by atomic mass is 35.5. The van der Waals surface area contributed by atoms with E-state index in [1.807, 2.05) is 19.9 Å². The number of nitrogens with zero attached hydrogens (tertiary/aromatic N) is 1. The molecule has 202 valence electrons. The zero-order valence-corrected chi connectivity index (χ0v) is 23.5. The van der Waals surface area contributed by atoms with Crippen molar-refractivity contribution in [3.63, 3.8) is 0 Å². The Kier molecular flexibility index (Phi) is 8.46. The molecule has 0 aromatic heterocycles. The fourth-order valence-electron chi connectivity index (χ4n) is 4.28. The minimum Gasteiger partial charge on any atom is -0.326 e. The molecule has 1 amide bonds. The van der Waals surface area contributed by atoms with E-state index >= 15 is 0 Å². The van der Waals surface area contributed by atoms with Crippen LogP contribution in [0.1, 0.15) is 29.5 Å². The Labute approximate surface area is 229 Å². The highest BCUT2D eigenvalue weighted by Gasteiger charge is 2.31. The van der Waals surface area contributed by atoms with Gasteiger partial charge in [-0.2, -0.15) is 0 Å². The van der Waals surface area contributed by atoms with Crippen LogP contribution in [-0.4, -0.2) is 40.1 Å². The number of nitrogens with one attached hydrogen (secondary N) is 2. The Hall–Kier alpha value is -2.92. The summed E-state index contributed by atoms with van der Waals surface area (Å²) in [5, 5.41) is 3.22. The summed E-state index contributed by atoms with van der Waals surface area (Å²) >= 11 is 6.12. The molecule has 3 aromatic rings. The summed E-state index contributed by atoms with van der Waals surface area (Å²) in [6, 6.07) is 18.1. The van der Waals surface area contributed by atoms with Crippen LogP contribution in [0.5, 0.6) is 0 Å². The first-order chi connectivity index (χ1) is 17.9. The number of carbonyl (C=O) groups is 1. The fourth-order valence-corrected chi connectivity index (χ4v) is 7.21. The molecule has 8 nitrogen and oxygen atoms in total. The van der Waals surface area contributed by atoms with Crippen molar-refractivity contribution in [2.45, 2.75) is 37.3 Å². The molecule has 4 rings (SSSR count). The van der Waals surface area contributed by atoms with Gasteiger partial charge in [0, 0.05) is 35.4 Å². The minimum absolute atomic E-state index is 0.0748. The molecule has 3 aromatic carbocycles. The molecular formula is C27H30ClN3O5S2. The van der Waals surface area contributed by atoms with Gasteiger partial charge >= 0.3 is 0 Å². The van der Waals surface area contributed by atoms with Crippen LogP contribution in [0.2, 0.25) is 5.02 Å². The monoisotopic (exact) mass is 575 g/mol. The van der Waals surface area contributed by atoms with E-state index in [-0.39, 0.29) is 35.6 Å². The van der Waals surface area contributed by atoms with Crippen molar-refractivity contribution in [1.82, 2.24) is 4.31 Å². The maximum Gasteiger partial charge on any atom is 0.261 e. The Bertz CT molecular complexity index is 1530. The van der Waals surface area contributed by atoms with Crippen molar-refractivity contribution >= 4 is 48.9 Å². The van der Waals surface area contributed by atoms with Crippen LogP contribution in [0.15, 0.2) is 71.6 Å². The predicted octanol–water partition coefficient (Wildman–Crippen LogP) is 4.94. The normalized spacial score (nSPS) is 15.2. The first kappa shape index (κ1) is 28.1. The number of anilines is 2. The molecular weight excluding hydrogens is 546 g/mol. The van der Waals surface area contributed by atoms with Gasteiger partial charge in [0.25, 0.3) is 10.0 Å². The van der Waals surface area contributed by atoms with E-state index in [2.05, 4.69) is 10.0 Å². The molecule has 0 atom stereocenters. The maximum absolute atomic E-state index is 12.8. The Morgan fingerprint density at radius 1 is 0.895 bits per heavy atom. The van der Waals surface area contributed by atoms with E-state index < -0.39 is 20.0 Å². The summed E-state index contributed by atoms with van der Waals surface area (Å²) < 4.78 is 55.2. The van der Waals surface area contributed by atoms with Gasteiger partial charge in [0.15, 0.2) is 0 Å². The highest BCUT2D eigenvalue weighted by Crippen LogP contribution is 2.26. The molecule has 0 saturated carbocycles. The van der Waals surface area contributed by atoms with Crippen molar-refractivity contribution in [2.24, 2.45) is 5.92 Å². The predicted molar refractivity (Wildman–Crippen MR) is 150 cm³/mol. The average Bonchev–Trinajstić information content (AvgIpc) is 2.88. The van der Waals surface area contributed by atoms with Crippen LogP contribution in [0, 0.1) is 19.8 Å². The van der Waals surface area contributed by atoms with Crippen LogP contribution >= 0.6 is 11.6 Å². The van der Waals surface area contributed by atoms with Crippen molar-refractivity contribution in [1.29, 1.82) is 0 Å². The fraction of sp³-hybridized carbons (Fsp3) is 0.296. The second-order valence-corrected chi connectivity index (χ2v) is 13.5. The molecule has 0 spiro atoms. The summed E-state index contributed by atoms with van der Waals surface area (Å²) in [5.41, 5.74) is 3.54. The molecule has 0 bridgehead atoms. The van der Waals surface area contributed by atoms with E-state index in [1.54, 1.807) is 36.4 Å². The number of amides is 1. The van der Waals surface area contributed by atoms with E-state index in [9.17, 15) is 21.6 Å². The summed E-state index contributed by atoms with van der Waals surface area (Å²) in [5.74, 6) is -0.759. The number of piperidine rings is 1. The van der Waals surface area contributed by atoms with Crippen LogP contribution < -0.4 is 10.0 Å². The number of benzene rings is 3. The van der Waals surface area contributed by atoms with Gasteiger partial charge < -0.3 is 5.32 Å². The number of sulfonamides is 2. The molecule has 1 aliphatic rings. The molecule has 11 heteroatoms. The Morgan fingerprint density at radius 2 is 1.53 bits per heavy atom. The first-order valence-corrected chi connectivity index (χ1v) is 15.6. The number of halogens is 1.